The van der Waals surface area contributed by atoms with E-state index >= 15 is 0 Å². The fraction of sp³-hybridized carbons (Fsp3) is 0.538. The summed E-state index contributed by atoms with van der Waals surface area (Å²) >= 11 is 0. The lowest BCUT2D eigenvalue weighted by atomic mass is 10.3. The molecule has 0 fully saturated rings. The average molecular weight is 300 g/mol. The summed E-state index contributed by atoms with van der Waals surface area (Å²) in [5.41, 5.74) is 0.915. The summed E-state index contributed by atoms with van der Waals surface area (Å²) in [6, 6.07) is 3.35. The van der Waals surface area contributed by atoms with Gasteiger partial charge in [0.15, 0.2) is 0 Å². The molecule has 1 aromatic rings. The highest BCUT2D eigenvalue weighted by Gasteiger charge is 2.23. The topological polar surface area (TPSA) is 87.6 Å². The normalized spacial score (nSPS) is 11.3. The van der Waals surface area contributed by atoms with Gasteiger partial charge in [-0.25, -0.2) is 13.4 Å². The Kier molecular flexibility index (Phi) is 5.94. The van der Waals surface area contributed by atoms with Crippen LogP contribution in [0.1, 0.15) is 31.7 Å². The van der Waals surface area contributed by atoms with E-state index in [-0.39, 0.29) is 24.5 Å². The number of aryl methyl sites for hydroxylation is 1. The van der Waals surface area contributed by atoms with Crippen LogP contribution in [0, 0.1) is 6.92 Å². The van der Waals surface area contributed by atoms with Gasteiger partial charge in [0.05, 0.1) is 12.2 Å². The number of unbranched alkanes of at least 4 members (excludes halogenated alkanes) is 1. The summed E-state index contributed by atoms with van der Waals surface area (Å²) in [6.45, 7) is 3.66. The van der Waals surface area contributed by atoms with Crippen molar-refractivity contribution in [3.8, 4) is 0 Å². The number of anilines is 1. The molecule has 0 bridgehead atoms. The van der Waals surface area contributed by atoms with Gasteiger partial charge in [0.25, 0.3) is 0 Å². The minimum Gasteiger partial charge on any atom is -0.481 e. The molecule has 1 aromatic heterocycles. The molecule has 0 aliphatic heterocycles. The zero-order valence-corrected chi connectivity index (χ0v) is 12.6. The summed E-state index contributed by atoms with van der Waals surface area (Å²) in [5, 5.41) is 8.75. The van der Waals surface area contributed by atoms with Crippen LogP contribution in [-0.2, 0) is 14.8 Å². The van der Waals surface area contributed by atoms with Gasteiger partial charge in [-0.15, -0.1) is 0 Å². The number of aromatic nitrogens is 1. The van der Waals surface area contributed by atoms with Gasteiger partial charge >= 0.3 is 5.97 Å². The third-order valence-electron chi connectivity index (χ3n) is 2.77. The van der Waals surface area contributed by atoms with Crippen LogP contribution in [-0.4, -0.2) is 36.8 Å². The van der Waals surface area contributed by atoms with E-state index in [0.29, 0.717) is 6.42 Å². The van der Waals surface area contributed by atoms with E-state index in [4.69, 9.17) is 5.11 Å². The van der Waals surface area contributed by atoms with E-state index in [2.05, 4.69) is 4.98 Å². The van der Waals surface area contributed by atoms with Gasteiger partial charge in [0.1, 0.15) is 5.82 Å². The van der Waals surface area contributed by atoms with Crippen molar-refractivity contribution in [3.05, 3.63) is 23.9 Å². The summed E-state index contributed by atoms with van der Waals surface area (Å²) in [5.74, 6) is -0.765. The number of hydrogen-bond acceptors (Lipinski definition) is 4. The maximum atomic E-state index is 12.3. The third-order valence-corrected chi connectivity index (χ3v) is 4.62. The molecule has 0 spiro atoms. The quantitative estimate of drug-likeness (QED) is 0.791. The van der Waals surface area contributed by atoms with Crippen molar-refractivity contribution < 1.29 is 18.3 Å². The summed E-state index contributed by atoms with van der Waals surface area (Å²) in [6.07, 6.45) is 2.62. The molecule has 6 nitrogen and oxygen atoms in total. The molecule has 0 aliphatic carbocycles. The first-order valence-electron chi connectivity index (χ1n) is 6.51. The van der Waals surface area contributed by atoms with Gasteiger partial charge < -0.3 is 5.11 Å². The largest absolute Gasteiger partial charge is 0.481 e. The van der Waals surface area contributed by atoms with Gasteiger partial charge in [-0.2, -0.15) is 0 Å². The Hall–Kier alpha value is -1.63. The van der Waals surface area contributed by atoms with Crippen LogP contribution in [0.15, 0.2) is 18.3 Å². The zero-order chi connectivity index (χ0) is 15.2. The van der Waals surface area contributed by atoms with Crippen molar-refractivity contribution in [2.75, 3.05) is 16.6 Å². The first kappa shape index (κ1) is 16.4. The van der Waals surface area contributed by atoms with Gasteiger partial charge in [-0.1, -0.05) is 19.4 Å². The molecule has 0 saturated carbocycles. The van der Waals surface area contributed by atoms with Crippen molar-refractivity contribution in [1.29, 1.82) is 0 Å². The van der Waals surface area contributed by atoms with Crippen LogP contribution < -0.4 is 4.31 Å². The molecule has 112 valence electrons. The highest BCUT2D eigenvalue weighted by Crippen LogP contribution is 2.17. The van der Waals surface area contributed by atoms with Crippen LogP contribution in [0.2, 0.25) is 0 Å². The summed E-state index contributed by atoms with van der Waals surface area (Å²) in [4.78, 5) is 14.8. The molecular weight excluding hydrogens is 280 g/mol. The smallest absolute Gasteiger partial charge is 0.305 e. The van der Waals surface area contributed by atoms with Crippen molar-refractivity contribution in [2.45, 2.75) is 33.1 Å². The number of aliphatic carboxylic acids is 1. The number of sulfonamides is 1. The Morgan fingerprint density at radius 3 is 2.60 bits per heavy atom. The first-order valence-corrected chi connectivity index (χ1v) is 8.12. The third kappa shape index (κ3) is 4.80. The van der Waals surface area contributed by atoms with Crippen LogP contribution >= 0.6 is 0 Å². The SMILES string of the molecule is CCCCS(=O)(=O)N(CCC(=O)O)c1ccc(C)cn1. The van der Waals surface area contributed by atoms with E-state index < -0.39 is 16.0 Å². The Labute approximate surface area is 119 Å². The molecule has 0 aliphatic rings. The summed E-state index contributed by atoms with van der Waals surface area (Å²) in [7, 11) is -3.54. The van der Waals surface area contributed by atoms with Crippen LogP contribution in [0.5, 0.6) is 0 Å². The average Bonchev–Trinajstić information content (AvgIpc) is 2.38. The maximum absolute atomic E-state index is 12.3. The Morgan fingerprint density at radius 1 is 1.40 bits per heavy atom. The lowest BCUT2D eigenvalue weighted by Gasteiger charge is -2.22. The van der Waals surface area contributed by atoms with E-state index in [1.165, 1.54) is 0 Å². The predicted molar refractivity (Wildman–Crippen MR) is 77.3 cm³/mol. The molecule has 0 unspecified atom stereocenters. The molecular formula is C13H20N2O4S. The summed E-state index contributed by atoms with van der Waals surface area (Å²) < 4.78 is 25.7. The van der Waals surface area contributed by atoms with Gasteiger partial charge in [-0.05, 0) is 25.0 Å². The lowest BCUT2D eigenvalue weighted by Crippen LogP contribution is -2.35. The maximum Gasteiger partial charge on any atom is 0.305 e. The molecule has 20 heavy (non-hydrogen) atoms. The van der Waals surface area contributed by atoms with Crippen molar-refractivity contribution in [3.63, 3.8) is 0 Å². The second-order valence-corrected chi connectivity index (χ2v) is 6.59. The number of hydrogen-bond donors (Lipinski definition) is 1. The van der Waals surface area contributed by atoms with E-state index in [1.807, 2.05) is 13.8 Å². The van der Waals surface area contributed by atoms with E-state index in [1.54, 1.807) is 18.3 Å². The molecule has 0 atom stereocenters. The second-order valence-electron chi connectivity index (χ2n) is 4.58. The number of carboxylic acids is 1. The van der Waals surface area contributed by atoms with E-state index in [9.17, 15) is 13.2 Å². The van der Waals surface area contributed by atoms with Gasteiger partial charge in [-0.3, -0.25) is 9.10 Å². The van der Waals surface area contributed by atoms with Crippen LogP contribution in [0.25, 0.3) is 0 Å². The number of rotatable bonds is 8. The lowest BCUT2D eigenvalue weighted by molar-refractivity contribution is -0.136. The highest BCUT2D eigenvalue weighted by molar-refractivity contribution is 7.92. The van der Waals surface area contributed by atoms with E-state index in [0.717, 1.165) is 16.3 Å². The number of nitrogens with zero attached hydrogens (tertiary/aromatic N) is 2. The Bertz CT molecular complexity index is 540. The fourth-order valence-corrected chi connectivity index (χ4v) is 3.27. The van der Waals surface area contributed by atoms with Gasteiger partial charge in [0.2, 0.25) is 10.0 Å². The van der Waals surface area contributed by atoms with Crippen molar-refractivity contribution in [1.82, 2.24) is 4.98 Å². The standard InChI is InChI=1S/C13H20N2O4S/c1-3-4-9-20(18,19)15(8-7-13(16)17)12-6-5-11(2)10-14-12/h5-6,10H,3-4,7-9H2,1-2H3,(H,16,17). The molecule has 1 rings (SSSR count). The number of carbonyl (C=O) groups is 1. The minimum atomic E-state index is -3.54. The number of pyridine rings is 1. The fourth-order valence-electron chi connectivity index (χ4n) is 1.64. The zero-order valence-electron chi connectivity index (χ0n) is 11.7. The van der Waals surface area contributed by atoms with Gasteiger partial charge in [0, 0.05) is 12.7 Å². The second kappa shape index (κ2) is 7.23. The predicted octanol–water partition coefficient (Wildman–Crippen LogP) is 1.80. The van der Waals surface area contributed by atoms with Crippen molar-refractivity contribution in [2.24, 2.45) is 0 Å². The minimum absolute atomic E-state index is 0.00131. The van der Waals surface area contributed by atoms with Crippen molar-refractivity contribution >= 4 is 21.8 Å². The molecule has 0 saturated heterocycles. The van der Waals surface area contributed by atoms with Crippen LogP contribution in [0.3, 0.4) is 0 Å². The molecule has 7 heteroatoms. The monoisotopic (exact) mass is 300 g/mol. The number of carboxylic acid groups (broad SMARTS) is 1. The Balaban J connectivity index is 3.01. The molecule has 0 radical (unpaired) electrons. The molecule has 0 aromatic carbocycles. The van der Waals surface area contributed by atoms with Crippen LogP contribution in [0.4, 0.5) is 5.82 Å². The molecule has 0 amide bonds. The molecule has 1 heterocycles. The molecule has 1 N–H and O–H groups in total. The highest BCUT2D eigenvalue weighted by atomic mass is 32.2. The Morgan fingerprint density at radius 2 is 2.10 bits per heavy atom. The first-order chi connectivity index (χ1) is 9.36.